The monoisotopic (exact) mass is 310 g/mol. The number of fused-ring (bicyclic) bond motifs is 4. The average Bonchev–Trinajstić information content (AvgIpc) is 2.38. The van der Waals surface area contributed by atoms with E-state index in [1.807, 2.05) is 6.92 Å². The zero-order valence-electron chi connectivity index (χ0n) is 11.8. The maximum Gasteiger partial charge on any atom is 0.318 e. The first kappa shape index (κ1) is 14.0. The van der Waals surface area contributed by atoms with Gasteiger partial charge in [0.05, 0.1) is 13.2 Å². The van der Waals surface area contributed by atoms with Crippen molar-refractivity contribution in [3.05, 3.63) is 28.3 Å². The number of rotatable bonds is 1. The molecule has 6 nitrogen and oxygen atoms in total. The van der Waals surface area contributed by atoms with Crippen LogP contribution in [-0.4, -0.2) is 24.8 Å². The van der Waals surface area contributed by atoms with Crippen LogP contribution in [0.15, 0.2) is 12.1 Å². The van der Waals surface area contributed by atoms with Gasteiger partial charge in [0.15, 0.2) is 5.72 Å². The zero-order chi connectivity index (χ0) is 15.4. The fourth-order valence-electron chi connectivity index (χ4n) is 3.05. The largest absolute Gasteiger partial charge is 0.469 e. The van der Waals surface area contributed by atoms with Crippen LogP contribution in [0, 0.1) is 12.8 Å². The quantitative estimate of drug-likeness (QED) is 0.777. The van der Waals surface area contributed by atoms with Gasteiger partial charge in [-0.3, -0.25) is 10.1 Å². The number of carbonyl (C=O) groups is 2. The van der Waals surface area contributed by atoms with Crippen molar-refractivity contribution in [1.82, 2.24) is 10.6 Å². The number of halogens is 1. The molecule has 0 radical (unpaired) electrons. The van der Waals surface area contributed by atoms with Gasteiger partial charge in [0, 0.05) is 10.6 Å². The smallest absolute Gasteiger partial charge is 0.318 e. The normalized spacial score (nSPS) is 29.6. The molecule has 2 N–H and O–H groups in total. The molecule has 3 atom stereocenters. The second kappa shape index (κ2) is 4.53. The molecule has 2 aliphatic heterocycles. The number of urea groups is 1. The van der Waals surface area contributed by atoms with Crippen molar-refractivity contribution in [2.24, 2.45) is 5.92 Å². The molecule has 2 bridgehead atoms. The highest BCUT2D eigenvalue weighted by Crippen LogP contribution is 2.47. The molecule has 21 heavy (non-hydrogen) atoms. The summed E-state index contributed by atoms with van der Waals surface area (Å²) in [7, 11) is 1.31. The summed E-state index contributed by atoms with van der Waals surface area (Å²) >= 11 is 6.09. The fourth-order valence-corrected chi connectivity index (χ4v) is 3.34. The van der Waals surface area contributed by atoms with E-state index in [4.69, 9.17) is 21.1 Å². The van der Waals surface area contributed by atoms with Crippen LogP contribution in [-0.2, 0) is 9.53 Å². The van der Waals surface area contributed by atoms with Crippen molar-refractivity contribution in [3.8, 4) is 5.75 Å². The maximum absolute atomic E-state index is 12.1. The number of hydrogen-bond donors (Lipinski definition) is 2. The van der Waals surface area contributed by atoms with E-state index < -0.39 is 29.7 Å². The molecule has 2 amide bonds. The highest BCUT2D eigenvalue weighted by molar-refractivity contribution is 6.30. The summed E-state index contributed by atoms with van der Waals surface area (Å²) in [5.41, 5.74) is 0.365. The molecule has 0 saturated carbocycles. The van der Waals surface area contributed by atoms with Gasteiger partial charge >= 0.3 is 12.0 Å². The molecule has 0 aliphatic carbocycles. The van der Waals surface area contributed by atoms with Crippen LogP contribution in [0.1, 0.15) is 24.1 Å². The third kappa shape index (κ3) is 2.01. The number of ether oxygens (including phenoxy) is 2. The summed E-state index contributed by atoms with van der Waals surface area (Å²) in [5.74, 6) is -0.539. The van der Waals surface area contributed by atoms with Gasteiger partial charge in [-0.2, -0.15) is 0 Å². The summed E-state index contributed by atoms with van der Waals surface area (Å²) in [6.07, 6.45) is 0. The van der Waals surface area contributed by atoms with Crippen molar-refractivity contribution in [2.45, 2.75) is 25.6 Å². The number of amides is 2. The summed E-state index contributed by atoms with van der Waals surface area (Å²) < 4.78 is 10.8. The standard InChI is InChI=1S/C14H15ClN2O4/c1-6-4-7(15)5-8-10-9(12(18)20-3)14(2,21-11(6)8)17-13(19)16-10/h4-5,9-10H,1-3H3,(H2,16,17,19). The summed E-state index contributed by atoms with van der Waals surface area (Å²) in [6, 6.07) is 2.54. The van der Waals surface area contributed by atoms with Crippen LogP contribution < -0.4 is 15.4 Å². The van der Waals surface area contributed by atoms with Gasteiger partial charge in [-0.1, -0.05) is 11.6 Å². The van der Waals surface area contributed by atoms with Crippen molar-refractivity contribution in [2.75, 3.05) is 7.11 Å². The number of carbonyl (C=O) groups excluding carboxylic acids is 2. The zero-order valence-corrected chi connectivity index (χ0v) is 12.6. The number of esters is 1. The lowest BCUT2D eigenvalue weighted by Crippen LogP contribution is -2.70. The fraction of sp³-hybridized carbons (Fsp3) is 0.429. The third-order valence-electron chi connectivity index (χ3n) is 3.95. The minimum absolute atomic E-state index is 0.397. The lowest BCUT2D eigenvalue weighted by atomic mass is 9.80. The molecule has 1 aromatic rings. The predicted octanol–water partition coefficient (Wildman–Crippen LogP) is 1.90. The average molecular weight is 311 g/mol. The molecule has 2 aliphatic rings. The molecule has 112 valence electrons. The number of methoxy groups -OCH3 is 1. The Bertz CT molecular complexity index is 648. The molecule has 2 heterocycles. The number of hydrogen-bond acceptors (Lipinski definition) is 4. The van der Waals surface area contributed by atoms with E-state index in [0.29, 0.717) is 16.3 Å². The van der Waals surface area contributed by atoms with Gasteiger partial charge in [0.2, 0.25) is 0 Å². The minimum atomic E-state index is -1.16. The number of benzene rings is 1. The summed E-state index contributed by atoms with van der Waals surface area (Å²) in [6.45, 7) is 3.53. The Hall–Kier alpha value is -1.95. The van der Waals surface area contributed by atoms with Crippen LogP contribution in [0.5, 0.6) is 5.75 Å². The van der Waals surface area contributed by atoms with Crippen LogP contribution in [0.2, 0.25) is 5.02 Å². The molecular formula is C14H15ClN2O4. The Balaban J connectivity index is 2.20. The Morgan fingerprint density at radius 3 is 2.86 bits per heavy atom. The van der Waals surface area contributed by atoms with Crippen LogP contribution in [0.3, 0.4) is 0 Å². The predicted molar refractivity (Wildman–Crippen MR) is 75.1 cm³/mol. The molecule has 1 aromatic carbocycles. The van der Waals surface area contributed by atoms with Crippen LogP contribution in [0.25, 0.3) is 0 Å². The molecule has 3 unspecified atom stereocenters. The van der Waals surface area contributed by atoms with Gasteiger partial charge in [-0.25, -0.2) is 4.79 Å². The van der Waals surface area contributed by atoms with Crippen molar-refractivity contribution >= 4 is 23.6 Å². The topological polar surface area (TPSA) is 76.7 Å². The first-order valence-corrected chi connectivity index (χ1v) is 6.89. The van der Waals surface area contributed by atoms with Gasteiger partial charge in [0.25, 0.3) is 0 Å². The molecular weight excluding hydrogens is 296 g/mol. The van der Waals surface area contributed by atoms with Gasteiger partial charge in [0.1, 0.15) is 11.7 Å². The van der Waals surface area contributed by atoms with Crippen LogP contribution in [0.4, 0.5) is 4.79 Å². The van der Waals surface area contributed by atoms with E-state index in [0.717, 1.165) is 5.56 Å². The highest BCUT2D eigenvalue weighted by Gasteiger charge is 2.56. The second-order valence-corrected chi connectivity index (χ2v) is 5.86. The van der Waals surface area contributed by atoms with E-state index in [2.05, 4.69) is 10.6 Å². The Morgan fingerprint density at radius 2 is 2.19 bits per heavy atom. The molecule has 0 spiro atoms. The van der Waals surface area contributed by atoms with E-state index >= 15 is 0 Å². The third-order valence-corrected chi connectivity index (χ3v) is 4.17. The second-order valence-electron chi connectivity index (χ2n) is 5.43. The Kier molecular flexibility index (Phi) is 3.02. The first-order valence-electron chi connectivity index (χ1n) is 6.51. The van der Waals surface area contributed by atoms with E-state index in [9.17, 15) is 9.59 Å². The van der Waals surface area contributed by atoms with Gasteiger partial charge in [-0.15, -0.1) is 0 Å². The molecule has 0 aromatic heterocycles. The lowest BCUT2D eigenvalue weighted by molar-refractivity contribution is -0.160. The van der Waals surface area contributed by atoms with Crippen LogP contribution >= 0.6 is 11.6 Å². The number of nitrogens with one attached hydrogen (secondary N) is 2. The van der Waals surface area contributed by atoms with Crippen molar-refractivity contribution in [1.29, 1.82) is 0 Å². The summed E-state index contributed by atoms with van der Waals surface area (Å²) in [4.78, 5) is 24.0. The van der Waals surface area contributed by atoms with E-state index in [-0.39, 0.29) is 0 Å². The number of aryl methyl sites for hydroxylation is 1. The van der Waals surface area contributed by atoms with E-state index in [1.54, 1.807) is 19.1 Å². The molecule has 1 saturated heterocycles. The Labute approximate surface area is 126 Å². The summed E-state index contributed by atoms with van der Waals surface area (Å²) in [5, 5.41) is 5.95. The van der Waals surface area contributed by atoms with Crippen molar-refractivity contribution < 1.29 is 19.1 Å². The highest BCUT2D eigenvalue weighted by atomic mass is 35.5. The van der Waals surface area contributed by atoms with Gasteiger partial charge in [-0.05, 0) is 31.5 Å². The van der Waals surface area contributed by atoms with E-state index in [1.165, 1.54) is 7.11 Å². The Morgan fingerprint density at radius 1 is 1.48 bits per heavy atom. The first-order chi connectivity index (χ1) is 9.85. The molecule has 3 rings (SSSR count). The maximum atomic E-state index is 12.1. The molecule has 1 fully saturated rings. The lowest BCUT2D eigenvalue weighted by Gasteiger charge is -2.49. The molecule has 7 heteroatoms. The van der Waals surface area contributed by atoms with Gasteiger partial charge < -0.3 is 14.8 Å². The minimum Gasteiger partial charge on any atom is -0.469 e. The van der Waals surface area contributed by atoms with Crippen molar-refractivity contribution in [3.63, 3.8) is 0 Å². The SMILES string of the molecule is COC(=O)C1C2NC(=O)NC1(C)Oc1c(C)cc(Cl)cc12.